The van der Waals surface area contributed by atoms with Crippen LogP contribution in [0.15, 0.2) is 95.9 Å². The number of anilines is 1. The first-order valence-corrected chi connectivity index (χ1v) is 17.9. The molecule has 264 valence electrons. The van der Waals surface area contributed by atoms with Crippen LogP contribution in [0.3, 0.4) is 0 Å². The van der Waals surface area contributed by atoms with Gasteiger partial charge in [0.25, 0.3) is 15.7 Å². The molecule has 0 unspecified atom stereocenters. The molecule has 0 aliphatic heterocycles. The topological polar surface area (TPSA) is 139 Å². The first-order valence-electron chi connectivity index (χ1n) is 16.1. The third kappa shape index (κ3) is 9.19. The number of halogens is 1. The summed E-state index contributed by atoms with van der Waals surface area (Å²) in [5, 5.41) is 15.0. The summed E-state index contributed by atoms with van der Waals surface area (Å²) >= 11 is 6.35. The van der Waals surface area contributed by atoms with Gasteiger partial charge in [-0.2, -0.15) is 0 Å². The molecule has 4 rings (SSSR count). The average molecular weight is 721 g/mol. The van der Waals surface area contributed by atoms with E-state index in [1.807, 2.05) is 75.4 Å². The number of hydrogen-bond acceptors (Lipinski definition) is 7. The van der Waals surface area contributed by atoms with Crippen LogP contribution < -0.4 is 14.4 Å². The second kappa shape index (κ2) is 16.6. The fourth-order valence-corrected chi connectivity index (χ4v) is 6.93. The smallest absolute Gasteiger partial charge is 0.273 e. The molecule has 11 nitrogen and oxygen atoms in total. The Morgan fingerprint density at radius 2 is 1.64 bits per heavy atom. The highest BCUT2D eigenvalue weighted by molar-refractivity contribution is 7.92. The quantitative estimate of drug-likeness (QED) is 0.108. The highest BCUT2D eigenvalue weighted by atomic mass is 35.5. The molecule has 0 aliphatic carbocycles. The Morgan fingerprint density at radius 3 is 2.26 bits per heavy atom. The monoisotopic (exact) mass is 720 g/mol. The van der Waals surface area contributed by atoms with Gasteiger partial charge in [0.2, 0.25) is 11.8 Å². The van der Waals surface area contributed by atoms with E-state index < -0.39 is 49.9 Å². The summed E-state index contributed by atoms with van der Waals surface area (Å²) in [6, 6.07) is 23.3. The van der Waals surface area contributed by atoms with Gasteiger partial charge in [0.15, 0.2) is 0 Å². The van der Waals surface area contributed by atoms with Crippen molar-refractivity contribution in [1.29, 1.82) is 0 Å². The number of hydrogen-bond donors (Lipinski definition) is 1. The molecule has 0 radical (unpaired) electrons. The largest absolute Gasteiger partial charge is 0.495 e. The SMILES string of the molecule is CC[C@H](C)NC(=O)[C@H](Cc1ccccc1)N(Cc1ccc(C)cc1)C(=O)CN(c1cc(Cl)ccc1OC)S(=O)(=O)c1ccc(C)c([N+](=O)[O-])c1. The first kappa shape index (κ1) is 37.9. The Kier molecular flexibility index (Phi) is 12.6. The second-order valence-electron chi connectivity index (χ2n) is 12.1. The Hall–Kier alpha value is -4.94. The van der Waals surface area contributed by atoms with Crippen LogP contribution in [-0.4, -0.2) is 55.8 Å². The summed E-state index contributed by atoms with van der Waals surface area (Å²) in [6.07, 6.45) is 0.803. The molecular weight excluding hydrogens is 680 g/mol. The van der Waals surface area contributed by atoms with Gasteiger partial charge in [0, 0.05) is 35.7 Å². The Balaban J connectivity index is 1.89. The van der Waals surface area contributed by atoms with Crippen molar-refractivity contribution in [2.75, 3.05) is 18.0 Å². The maximum atomic E-state index is 14.7. The number of amides is 2. The summed E-state index contributed by atoms with van der Waals surface area (Å²) in [7, 11) is -3.33. The van der Waals surface area contributed by atoms with Crippen LogP contribution in [0.5, 0.6) is 5.75 Å². The molecule has 0 saturated heterocycles. The first-order chi connectivity index (χ1) is 23.7. The predicted octanol–water partition coefficient (Wildman–Crippen LogP) is 6.62. The summed E-state index contributed by atoms with van der Waals surface area (Å²) in [5.41, 5.74) is 2.32. The molecule has 4 aromatic carbocycles. The van der Waals surface area contributed by atoms with Crippen LogP contribution in [-0.2, 0) is 32.6 Å². The Labute approximate surface area is 298 Å². The van der Waals surface area contributed by atoms with E-state index in [2.05, 4.69) is 5.32 Å². The van der Waals surface area contributed by atoms with Gasteiger partial charge in [0.05, 0.1) is 22.6 Å². The number of methoxy groups -OCH3 is 1. The lowest BCUT2D eigenvalue weighted by Crippen LogP contribution is -2.54. The van der Waals surface area contributed by atoms with Gasteiger partial charge >= 0.3 is 0 Å². The van der Waals surface area contributed by atoms with Crippen LogP contribution in [0.1, 0.15) is 42.5 Å². The normalized spacial score (nSPS) is 12.4. The van der Waals surface area contributed by atoms with Gasteiger partial charge in [-0.1, -0.05) is 84.8 Å². The minimum Gasteiger partial charge on any atom is -0.495 e. The van der Waals surface area contributed by atoms with E-state index in [9.17, 15) is 28.1 Å². The number of aryl methyl sites for hydroxylation is 2. The molecule has 2 amide bonds. The molecule has 0 heterocycles. The van der Waals surface area contributed by atoms with Crippen molar-refractivity contribution in [1.82, 2.24) is 10.2 Å². The maximum Gasteiger partial charge on any atom is 0.273 e. The highest BCUT2D eigenvalue weighted by Gasteiger charge is 2.36. The van der Waals surface area contributed by atoms with Crippen molar-refractivity contribution in [3.8, 4) is 5.75 Å². The van der Waals surface area contributed by atoms with E-state index in [1.54, 1.807) is 0 Å². The summed E-state index contributed by atoms with van der Waals surface area (Å²) in [5.74, 6) is -1.00. The van der Waals surface area contributed by atoms with Crippen LogP contribution >= 0.6 is 11.6 Å². The molecule has 0 aromatic heterocycles. The zero-order valence-electron chi connectivity index (χ0n) is 28.6. The highest BCUT2D eigenvalue weighted by Crippen LogP contribution is 2.36. The third-order valence-corrected chi connectivity index (χ3v) is 10.4. The van der Waals surface area contributed by atoms with Crippen molar-refractivity contribution in [3.63, 3.8) is 0 Å². The van der Waals surface area contributed by atoms with Crippen molar-refractivity contribution >= 4 is 44.8 Å². The van der Waals surface area contributed by atoms with Gasteiger partial charge in [0.1, 0.15) is 18.3 Å². The van der Waals surface area contributed by atoms with E-state index in [0.29, 0.717) is 6.42 Å². The van der Waals surface area contributed by atoms with E-state index in [4.69, 9.17) is 16.3 Å². The lowest BCUT2D eigenvalue weighted by molar-refractivity contribution is -0.385. The van der Waals surface area contributed by atoms with Crippen molar-refractivity contribution < 1.29 is 27.7 Å². The van der Waals surface area contributed by atoms with Gasteiger partial charge < -0.3 is 15.0 Å². The van der Waals surface area contributed by atoms with E-state index in [-0.39, 0.29) is 41.0 Å². The van der Waals surface area contributed by atoms with E-state index in [1.165, 1.54) is 49.3 Å². The average Bonchev–Trinajstić information content (AvgIpc) is 3.09. The molecule has 0 spiro atoms. The molecule has 1 N–H and O–H groups in total. The number of nitrogens with one attached hydrogen (secondary N) is 1. The summed E-state index contributed by atoms with van der Waals surface area (Å²) in [6.45, 7) is 6.43. The Bertz CT molecular complexity index is 1940. The van der Waals surface area contributed by atoms with Crippen molar-refractivity contribution in [2.45, 2.75) is 64.1 Å². The number of rotatable bonds is 15. The fraction of sp³-hybridized carbons (Fsp3) is 0.297. The predicted molar refractivity (Wildman–Crippen MR) is 194 cm³/mol. The van der Waals surface area contributed by atoms with Crippen LogP contribution in [0.25, 0.3) is 0 Å². The number of nitro groups is 1. The number of ether oxygens (including phenoxy) is 1. The van der Waals surface area contributed by atoms with Crippen molar-refractivity contribution in [2.24, 2.45) is 0 Å². The van der Waals surface area contributed by atoms with Gasteiger partial charge in [-0.25, -0.2) is 8.42 Å². The molecule has 0 bridgehead atoms. The molecule has 13 heteroatoms. The molecule has 0 aliphatic rings. The van der Waals surface area contributed by atoms with Crippen molar-refractivity contribution in [3.05, 3.63) is 128 Å². The molecule has 0 fully saturated rings. The molecule has 50 heavy (non-hydrogen) atoms. The van der Waals surface area contributed by atoms with E-state index in [0.717, 1.165) is 27.1 Å². The number of nitro benzene ring substituents is 1. The Morgan fingerprint density at radius 1 is 0.960 bits per heavy atom. The molecule has 0 saturated carbocycles. The maximum absolute atomic E-state index is 14.7. The zero-order valence-corrected chi connectivity index (χ0v) is 30.2. The number of carbonyl (C=O) groups is 2. The van der Waals surface area contributed by atoms with Crippen LogP contribution in [0, 0.1) is 24.0 Å². The number of nitrogens with zero attached hydrogens (tertiary/aromatic N) is 3. The zero-order chi connectivity index (χ0) is 36.6. The van der Waals surface area contributed by atoms with E-state index >= 15 is 0 Å². The lowest BCUT2D eigenvalue weighted by atomic mass is 10.0. The second-order valence-corrected chi connectivity index (χ2v) is 14.4. The van der Waals surface area contributed by atoms with Crippen LogP contribution in [0.2, 0.25) is 5.02 Å². The number of sulfonamides is 1. The van der Waals surface area contributed by atoms with Gasteiger partial charge in [-0.3, -0.25) is 24.0 Å². The lowest BCUT2D eigenvalue weighted by Gasteiger charge is -2.34. The van der Waals surface area contributed by atoms with Crippen LogP contribution in [0.4, 0.5) is 11.4 Å². The molecular formula is C37H41ClN4O7S. The molecule has 2 atom stereocenters. The third-order valence-electron chi connectivity index (χ3n) is 8.40. The van der Waals surface area contributed by atoms with Gasteiger partial charge in [-0.05, 0) is 62.6 Å². The minimum absolute atomic E-state index is 0.0128. The standard InChI is InChI=1S/C37H41ClN4O7S/c1-6-27(4)39-37(44)34(20-28-10-8-7-9-11-28)40(23-29-15-12-25(2)13-16-29)36(43)24-41(33-21-30(38)17-19-35(33)49-5)50(47,48)31-18-14-26(3)32(22-31)42(45)46/h7-19,21-22,27,34H,6,20,23-24H2,1-5H3,(H,39,44)/t27-,34-/m0/s1. The summed E-state index contributed by atoms with van der Waals surface area (Å²) in [4.78, 5) is 40.9. The van der Waals surface area contributed by atoms with Gasteiger partial charge in [-0.15, -0.1) is 0 Å². The number of benzene rings is 4. The minimum atomic E-state index is -4.67. The number of carbonyl (C=O) groups excluding carboxylic acids is 2. The fourth-order valence-electron chi connectivity index (χ4n) is 5.33. The summed E-state index contributed by atoms with van der Waals surface area (Å²) < 4.78 is 35.3. The molecule has 4 aromatic rings.